The van der Waals surface area contributed by atoms with Gasteiger partial charge in [-0.1, -0.05) is 19.4 Å². The lowest BCUT2D eigenvalue weighted by molar-refractivity contribution is 0.303. The molecule has 0 spiro atoms. The summed E-state index contributed by atoms with van der Waals surface area (Å²) in [6.07, 6.45) is 1.80. The number of hydrogen-bond donors (Lipinski definition) is 0. The van der Waals surface area contributed by atoms with Crippen molar-refractivity contribution < 1.29 is 9.13 Å². The zero-order valence-electron chi connectivity index (χ0n) is 8.43. The van der Waals surface area contributed by atoms with Gasteiger partial charge in [-0.3, -0.25) is 4.79 Å². The van der Waals surface area contributed by atoms with E-state index in [1.54, 1.807) is 6.07 Å². The molecule has 0 aliphatic heterocycles. The van der Waals surface area contributed by atoms with Gasteiger partial charge in [0.1, 0.15) is 0 Å². The molecule has 0 saturated heterocycles. The van der Waals surface area contributed by atoms with Gasteiger partial charge in [0.15, 0.2) is 11.6 Å². The zero-order valence-corrected chi connectivity index (χ0v) is 10.0. The van der Waals surface area contributed by atoms with Crippen molar-refractivity contribution in [3.63, 3.8) is 0 Å². The maximum Gasteiger partial charge on any atom is 0.256 e. The van der Waals surface area contributed by atoms with Crippen molar-refractivity contribution in [2.45, 2.75) is 19.8 Å². The van der Waals surface area contributed by atoms with Crippen molar-refractivity contribution in [1.82, 2.24) is 0 Å². The molecule has 0 aliphatic carbocycles. The van der Waals surface area contributed by atoms with Crippen LogP contribution in [0.3, 0.4) is 0 Å². The van der Waals surface area contributed by atoms with E-state index >= 15 is 0 Å². The molecule has 0 aliphatic rings. The quantitative estimate of drug-likeness (QED) is 0.789. The zero-order chi connectivity index (χ0) is 11.3. The second-order valence-electron chi connectivity index (χ2n) is 3.08. The molecule has 0 heterocycles. The minimum atomic E-state index is -0.799. The first-order valence-electron chi connectivity index (χ1n) is 4.78. The molecule has 0 bridgehead atoms. The fourth-order valence-corrected chi connectivity index (χ4v) is 1.49. The normalized spacial score (nSPS) is 10.1. The van der Waals surface area contributed by atoms with E-state index in [0.717, 1.165) is 18.9 Å². The van der Waals surface area contributed by atoms with Crippen molar-refractivity contribution in [2.24, 2.45) is 0 Å². The average molecular weight is 275 g/mol. The second-order valence-corrected chi connectivity index (χ2v) is 3.94. The molecule has 0 amide bonds. The maximum absolute atomic E-state index is 13.1. The smallest absolute Gasteiger partial charge is 0.256 e. The largest absolute Gasteiger partial charge is 0.488 e. The molecule has 0 radical (unpaired) electrons. The summed E-state index contributed by atoms with van der Waals surface area (Å²) in [4.78, 5) is 11.5. The Labute approximate surface area is 96.2 Å². The molecule has 15 heavy (non-hydrogen) atoms. The van der Waals surface area contributed by atoms with E-state index in [9.17, 15) is 9.18 Å². The van der Waals surface area contributed by atoms with Gasteiger partial charge in [0.25, 0.3) is 5.43 Å². The highest BCUT2D eigenvalue weighted by molar-refractivity contribution is 9.10. The number of ether oxygens (including phenoxy) is 1. The molecule has 0 N–H and O–H groups in total. The van der Waals surface area contributed by atoms with E-state index in [0.29, 0.717) is 11.1 Å². The molecule has 4 heteroatoms. The third-order valence-electron chi connectivity index (χ3n) is 1.87. The highest BCUT2D eigenvalue weighted by atomic mass is 79.9. The van der Waals surface area contributed by atoms with Gasteiger partial charge >= 0.3 is 0 Å². The van der Waals surface area contributed by atoms with Crippen molar-refractivity contribution >= 4 is 15.9 Å². The molecule has 0 aromatic heterocycles. The molecule has 82 valence electrons. The molecule has 2 nitrogen and oxygen atoms in total. The van der Waals surface area contributed by atoms with E-state index in [2.05, 4.69) is 15.9 Å². The summed E-state index contributed by atoms with van der Waals surface area (Å²) in [5.74, 6) is -0.752. The number of rotatable bonds is 4. The summed E-state index contributed by atoms with van der Waals surface area (Å²) < 4.78 is 18.8. The first-order valence-corrected chi connectivity index (χ1v) is 5.57. The summed E-state index contributed by atoms with van der Waals surface area (Å²) in [6, 6.07) is 4.18. The summed E-state index contributed by atoms with van der Waals surface area (Å²) >= 11 is 3.17. The van der Waals surface area contributed by atoms with Crippen LogP contribution in [0.4, 0.5) is 4.39 Å². The Morgan fingerprint density at radius 1 is 1.47 bits per heavy atom. The third kappa shape index (κ3) is 3.30. The van der Waals surface area contributed by atoms with Crippen LogP contribution in [0, 0.1) is 5.82 Å². The Morgan fingerprint density at radius 3 is 2.87 bits per heavy atom. The molecular weight excluding hydrogens is 263 g/mol. The Hall–Kier alpha value is -0.900. The van der Waals surface area contributed by atoms with Crippen LogP contribution in [0.5, 0.6) is 5.75 Å². The lowest BCUT2D eigenvalue weighted by atomic mass is 10.3. The monoisotopic (exact) mass is 274 g/mol. The molecule has 1 aromatic carbocycles. The van der Waals surface area contributed by atoms with Gasteiger partial charge in [-0.05, 0) is 34.5 Å². The maximum atomic E-state index is 13.1. The summed E-state index contributed by atoms with van der Waals surface area (Å²) in [5, 5.41) is 0. The van der Waals surface area contributed by atoms with Crippen molar-refractivity contribution in [3.8, 4) is 5.75 Å². The van der Waals surface area contributed by atoms with Crippen LogP contribution in [-0.4, -0.2) is 6.61 Å². The predicted molar refractivity (Wildman–Crippen MR) is 60.8 cm³/mol. The standard InChI is InChI=1S/C11H12BrFO2/c1-2-3-7-15-11-8(12)5-4-6-9(13)10(11)14/h4-6H,2-3,7H2,1H3. The lowest BCUT2D eigenvalue weighted by Gasteiger charge is -2.03. The van der Waals surface area contributed by atoms with Gasteiger partial charge < -0.3 is 4.74 Å². The van der Waals surface area contributed by atoms with E-state index < -0.39 is 11.2 Å². The molecule has 0 fully saturated rings. The highest BCUT2D eigenvalue weighted by Crippen LogP contribution is 2.19. The topological polar surface area (TPSA) is 26.3 Å². The number of halogens is 2. The van der Waals surface area contributed by atoms with Crippen LogP contribution in [0.25, 0.3) is 0 Å². The Kier molecular flexibility index (Phi) is 4.75. The lowest BCUT2D eigenvalue weighted by Crippen LogP contribution is -2.10. The second kappa shape index (κ2) is 5.85. The molecule has 0 unspecified atom stereocenters. The SMILES string of the molecule is CCCCOc1c(Br)cccc(F)c1=O. The van der Waals surface area contributed by atoms with Gasteiger partial charge in [0, 0.05) is 0 Å². The Morgan fingerprint density at radius 2 is 2.20 bits per heavy atom. The van der Waals surface area contributed by atoms with Gasteiger partial charge in [-0.25, -0.2) is 4.39 Å². The highest BCUT2D eigenvalue weighted by Gasteiger charge is 2.08. The fourth-order valence-electron chi connectivity index (χ4n) is 1.04. The number of unbranched alkanes of at least 4 members (excludes halogenated alkanes) is 1. The van der Waals surface area contributed by atoms with E-state index in [-0.39, 0.29) is 5.75 Å². The van der Waals surface area contributed by atoms with E-state index in [1.807, 2.05) is 6.92 Å². The van der Waals surface area contributed by atoms with Crippen LogP contribution < -0.4 is 10.2 Å². The molecular formula is C11H12BrFO2. The van der Waals surface area contributed by atoms with Crippen molar-refractivity contribution in [3.05, 3.63) is 38.7 Å². The predicted octanol–water partition coefficient (Wildman–Crippen LogP) is 3.13. The van der Waals surface area contributed by atoms with E-state index in [4.69, 9.17) is 4.74 Å². The van der Waals surface area contributed by atoms with Crippen LogP contribution in [0.15, 0.2) is 27.5 Å². The van der Waals surface area contributed by atoms with Crippen LogP contribution >= 0.6 is 15.9 Å². The van der Waals surface area contributed by atoms with Gasteiger partial charge in [-0.2, -0.15) is 0 Å². The van der Waals surface area contributed by atoms with Gasteiger partial charge in [0.2, 0.25) is 0 Å². The Balaban J connectivity index is 3.01. The minimum absolute atomic E-state index is 0.0472. The van der Waals surface area contributed by atoms with Gasteiger partial charge in [-0.15, -0.1) is 0 Å². The number of hydrogen-bond acceptors (Lipinski definition) is 2. The summed E-state index contributed by atoms with van der Waals surface area (Å²) in [6.45, 7) is 2.44. The average Bonchev–Trinajstić information content (AvgIpc) is 2.32. The van der Waals surface area contributed by atoms with Crippen molar-refractivity contribution in [1.29, 1.82) is 0 Å². The van der Waals surface area contributed by atoms with Crippen LogP contribution in [-0.2, 0) is 0 Å². The summed E-state index contributed by atoms with van der Waals surface area (Å²) in [5.41, 5.74) is -0.706. The first kappa shape index (κ1) is 12.2. The molecule has 0 atom stereocenters. The fraction of sp³-hybridized carbons (Fsp3) is 0.364. The minimum Gasteiger partial charge on any atom is -0.488 e. The summed E-state index contributed by atoms with van der Waals surface area (Å²) in [7, 11) is 0. The Bertz CT molecular complexity index is 393. The third-order valence-corrected chi connectivity index (χ3v) is 2.49. The molecule has 0 saturated carbocycles. The van der Waals surface area contributed by atoms with Crippen LogP contribution in [0.2, 0.25) is 0 Å². The first-order chi connectivity index (χ1) is 7.16. The van der Waals surface area contributed by atoms with E-state index in [1.165, 1.54) is 6.07 Å². The molecule has 1 rings (SSSR count). The van der Waals surface area contributed by atoms with Gasteiger partial charge in [0.05, 0.1) is 11.1 Å². The van der Waals surface area contributed by atoms with Crippen LogP contribution in [0.1, 0.15) is 19.8 Å². The van der Waals surface area contributed by atoms with Crippen molar-refractivity contribution in [2.75, 3.05) is 6.61 Å². The molecule has 1 aromatic rings.